The highest BCUT2D eigenvalue weighted by Crippen LogP contribution is 2.36. The van der Waals surface area contributed by atoms with E-state index in [1.165, 1.54) is 17.7 Å². The third-order valence-electron chi connectivity index (χ3n) is 3.29. The predicted octanol–water partition coefficient (Wildman–Crippen LogP) is 4.61. The second kappa shape index (κ2) is 6.32. The van der Waals surface area contributed by atoms with E-state index in [1.54, 1.807) is 6.07 Å². The summed E-state index contributed by atoms with van der Waals surface area (Å²) in [6.45, 7) is 2.99. The smallest absolute Gasteiger partial charge is 0.163 e. The van der Waals surface area contributed by atoms with Crippen molar-refractivity contribution < 1.29 is 4.39 Å². The van der Waals surface area contributed by atoms with E-state index >= 15 is 0 Å². The number of hydrogen-bond acceptors (Lipinski definition) is 4. The number of hydrogen-bond donors (Lipinski definition) is 1. The lowest BCUT2D eigenvalue weighted by molar-refractivity contribution is 0.628. The zero-order valence-corrected chi connectivity index (χ0v) is 14.0. The predicted molar refractivity (Wildman–Crippen MR) is 88.9 cm³/mol. The van der Waals surface area contributed by atoms with Crippen LogP contribution in [0.15, 0.2) is 22.7 Å². The number of aromatic nitrogens is 2. The van der Waals surface area contributed by atoms with Gasteiger partial charge in [0.05, 0.1) is 5.69 Å². The quantitative estimate of drug-likeness (QED) is 0.855. The fraction of sp³-hybridized carbons (Fsp3) is 0.333. The first-order valence-corrected chi connectivity index (χ1v) is 8.80. The molecule has 0 unspecified atom stereocenters. The molecule has 0 saturated carbocycles. The van der Waals surface area contributed by atoms with Gasteiger partial charge in [0.1, 0.15) is 11.6 Å². The number of nitrogens with one attached hydrogen (secondary N) is 1. The highest BCUT2D eigenvalue weighted by molar-refractivity contribution is 9.10. The molecule has 3 nitrogen and oxygen atoms in total. The minimum atomic E-state index is -0.283. The number of rotatable bonds is 4. The van der Waals surface area contributed by atoms with Gasteiger partial charge in [0.2, 0.25) is 0 Å². The number of fused-ring (bicyclic) bond motifs is 1. The normalized spacial score (nSPS) is 13.3. The molecule has 1 aromatic carbocycles. The Labute approximate surface area is 135 Å². The minimum Gasteiger partial charge on any atom is -0.370 e. The molecule has 21 heavy (non-hydrogen) atoms. The molecule has 0 amide bonds. The van der Waals surface area contributed by atoms with Crippen LogP contribution >= 0.6 is 27.7 Å². The van der Waals surface area contributed by atoms with Crippen molar-refractivity contribution in [3.05, 3.63) is 39.7 Å². The molecule has 1 aromatic heterocycles. The zero-order valence-electron chi connectivity index (χ0n) is 11.6. The van der Waals surface area contributed by atoms with Crippen LogP contribution in [0.25, 0.3) is 11.4 Å². The molecule has 2 aromatic rings. The molecule has 0 aliphatic carbocycles. The van der Waals surface area contributed by atoms with Crippen molar-refractivity contribution in [1.82, 2.24) is 9.97 Å². The van der Waals surface area contributed by atoms with Crippen LogP contribution in [0.1, 0.15) is 24.6 Å². The average Bonchev–Trinajstić information content (AvgIpc) is 2.95. The van der Waals surface area contributed by atoms with Crippen molar-refractivity contribution in [2.24, 2.45) is 0 Å². The van der Waals surface area contributed by atoms with Gasteiger partial charge in [-0.15, -0.1) is 0 Å². The van der Waals surface area contributed by atoms with E-state index in [4.69, 9.17) is 0 Å². The van der Waals surface area contributed by atoms with Gasteiger partial charge in [-0.2, -0.15) is 11.8 Å². The monoisotopic (exact) mass is 367 g/mol. The van der Waals surface area contributed by atoms with Crippen molar-refractivity contribution in [2.75, 3.05) is 11.9 Å². The summed E-state index contributed by atoms with van der Waals surface area (Å²) in [6, 6.07) is 4.58. The Hall–Kier alpha value is -1.14. The fourth-order valence-corrected chi connectivity index (χ4v) is 3.70. The summed E-state index contributed by atoms with van der Waals surface area (Å²) >= 11 is 5.29. The lowest BCUT2D eigenvalue weighted by Crippen LogP contribution is -2.08. The van der Waals surface area contributed by atoms with Gasteiger partial charge in [0.25, 0.3) is 0 Å². The lowest BCUT2D eigenvalue weighted by Gasteiger charge is -2.12. The van der Waals surface area contributed by atoms with E-state index in [0.29, 0.717) is 11.4 Å². The van der Waals surface area contributed by atoms with Crippen molar-refractivity contribution >= 4 is 33.5 Å². The third kappa shape index (κ3) is 3.06. The molecule has 6 heteroatoms. The summed E-state index contributed by atoms with van der Waals surface area (Å²) in [4.78, 5) is 9.25. The Kier molecular flexibility index (Phi) is 4.45. The maximum atomic E-state index is 13.5. The Morgan fingerprint density at radius 3 is 3.00 bits per heavy atom. The van der Waals surface area contributed by atoms with E-state index in [9.17, 15) is 4.39 Å². The third-order valence-corrected chi connectivity index (χ3v) is 4.95. The molecular weight excluding hydrogens is 353 g/mol. The van der Waals surface area contributed by atoms with Crippen LogP contribution in [-0.2, 0) is 11.5 Å². The van der Waals surface area contributed by atoms with Crippen LogP contribution in [0.3, 0.4) is 0 Å². The number of thioether (sulfide) groups is 1. The molecule has 1 aliphatic rings. The van der Waals surface area contributed by atoms with Crippen molar-refractivity contribution in [1.29, 1.82) is 0 Å². The average molecular weight is 368 g/mol. The SMILES string of the molecule is CCCNc1nc(-c2cc(F)ccc2Br)nc2c1CSC2. The largest absolute Gasteiger partial charge is 0.370 e. The number of anilines is 1. The number of halogens is 2. The first-order chi connectivity index (χ1) is 10.2. The van der Waals surface area contributed by atoms with Gasteiger partial charge in [0, 0.05) is 33.7 Å². The van der Waals surface area contributed by atoms with Gasteiger partial charge in [-0.1, -0.05) is 22.9 Å². The summed E-state index contributed by atoms with van der Waals surface area (Å²) < 4.78 is 14.3. The molecule has 0 bridgehead atoms. The summed E-state index contributed by atoms with van der Waals surface area (Å²) in [5, 5.41) is 3.37. The van der Waals surface area contributed by atoms with Gasteiger partial charge >= 0.3 is 0 Å². The minimum absolute atomic E-state index is 0.283. The second-order valence-corrected chi connectivity index (χ2v) is 6.70. The highest BCUT2D eigenvalue weighted by Gasteiger charge is 2.21. The van der Waals surface area contributed by atoms with Crippen LogP contribution in [0.2, 0.25) is 0 Å². The van der Waals surface area contributed by atoms with Crippen LogP contribution in [0.5, 0.6) is 0 Å². The molecule has 0 radical (unpaired) electrons. The van der Waals surface area contributed by atoms with E-state index in [2.05, 4.69) is 38.1 Å². The zero-order chi connectivity index (χ0) is 14.8. The van der Waals surface area contributed by atoms with E-state index in [-0.39, 0.29) is 5.82 Å². The number of nitrogens with zero attached hydrogens (tertiary/aromatic N) is 2. The first kappa shape index (κ1) is 14.8. The number of benzene rings is 1. The molecule has 0 saturated heterocycles. The van der Waals surface area contributed by atoms with Crippen LogP contribution in [0.4, 0.5) is 10.2 Å². The van der Waals surface area contributed by atoms with Crippen molar-refractivity contribution in [2.45, 2.75) is 24.9 Å². The second-order valence-electron chi connectivity index (χ2n) is 4.86. The van der Waals surface area contributed by atoms with Gasteiger partial charge in [-0.25, -0.2) is 14.4 Å². The molecule has 0 atom stereocenters. The first-order valence-electron chi connectivity index (χ1n) is 6.86. The van der Waals surface area contributed by atoms with Crippen molar-refractivity contribution in [3.8, 4) is 11.4 Å². The van der Waals surface area contributed by atoms with Crippen LogP contribution < -0.4 is 5.32 Å². The topological polar surface area (TPSA) is 37.8 Å². The maximum absolute atomic E-state index is 13.5. The summed E-state index contributed by atoms with van der Waals surface area (Å²) in [5.41, 5.74) is 2.93. The standard InChI is InChI=1S/C15H15BrFN3S/c1-2-5-18-14-11-7-21-8-13(11)19-15(20-14)10-6-9(17)3-4-12(10)16/h3-4,6H,2,5,7-8H2,1H3,(H,18,19,20). The van der Waals surface area contributed by atoms with Crippen LogP contribution in [-0.4, -0.2) is 16.5 Å². The molecule has 1 aliphatic heterocycles. The molecule has 1 N–H and O–H groups in total. The Morgan fingerprint density at radius 1 is 1.33 bits per heavy atom. The summed E-state index contributed by atoms with van der Waals surface area (Å²) in [5.74, 6) is 3.00. The van der Waals surface area contributed by atoms with E-state index < -0.39 is 0 Å². The fourth-order valence-electron chi connectivity index (χ4n) is 2.23. The molecule has 0 fully saturated rings. The van der Waals surface area contributed by atoms with Gasteiger partial charge in [0.15, 0.2) is 5.82 Å². The summed E-state index contributed by atoms with van der Waals surface area (Å²) in [6.07, 6.45) is 1.03. The lowest BCUT2D eigenvalue weighted by atomic mass is 10.1. The van der Waals surface area contributed by atoms with Gasteiger partial charge in [-0.3, -0.25) is 0 Å². The molecule has 3 rings (SSSR count). The van der Waals surface area contributed by atoms with E-state index in [0.717, 1.165) is 40.5 Å². The Balaban J connectivity index is 2.08. The molecule has 0 spiro atoms. The molecular formula is C15H15BrFN3S. The Morgan fingerprint density at radius 2 is 2.19 bits per heavy atom. The molecule has 2 heterocycles. The summed E-state index contributed by atoms with van der Waals surface area (Å²) in [7, 11) is 0. The van der Waals surface area contributed by atoms with E-state index in [1.807, 2.05) is 11.8 Å². The Bertz CT molecular complexity index is 678. The maximum Gasteiger partial charge on any atom is 0.163 e. The van der Waals surface area contributed by atoms with Gasteiger partial charge in [-0.05, 0) is 24.6 Å². The highest BCUT2D eigenvalue weighted by atomic mass is 79.9. The van der Waals surface area contributed by atoms with Crippen LogP contribution in [0, 0.1) is 5.82 Å². The van der Waals surface area contributed by atoms with Gasteiger partial charge < -0.3 is 5.32 Å². The van der Waals surface area contributed by atoms with Crippen molar-refractivity contribution in [3.63, 3.8) is 0 Å². The molecule has 110 valence electrons.